The molecule has 0 bridgehead atoms. The Hall–Kier alpha value is -3.38. The fourth-order valence-electron chi connectivity index (χ4n) is 3.38. The minimum absolute atomic E-state index is 0.0555. The Morgan fingerprint density at radius 2 is 1.58 bits per heavy atom. The Bertz CT molecular complexity index is 1190. The van der Waals surface area contributed by atoms with Crippen molar-refractivity contribution in [2.75, 3.05) is 10.2 Å². The molecule has 3 aromatic rings. The van der Waals surface area contributed by atoms with Gasteiger partial charge >= 0.3 is 0 Å². The highest BCUT2D eigenvalue weighted by Crippen LogP contribution is 2.38. The quantitative estimate of drug-likeness (QED) is 0.509. The number of anilines is 2. The molecule has 1 heterocycles. The SMILES string of the molecule is CCc1ccccc1NC1=C(Sc2ccc(C)cc2)C(=O)N(c2ccccc2F)C1=O. The van der Waals surface area contributed by atoms with Crippen molar-refractivity contribution in [1.82, 2.24) is 0 Å². The molecule has 4 nitrogen and oxygen atoms in total. The third-order valence-electron chi connectivity index (χ3n) is 5.03. The molecule has 156 valence electrons. The predicted molar refractivity (Wildman–Crippen MR) is 122 cm³/mol. The average molecular weight is 433 g/mol. The fraction of sp³-hybridized carbons (Fsp3) is 0.120. The van der Waals surface area contributed by atoms with Gasteiger partial charge in [-0.3, -0.25) is 9.59 Å². The van der Waals surface area contributed by atoms with Gasteiger partial charge in [-0.2, -0.15) is 0 Å². The second-order valence-electron chi connectivity index (χ2n) is 7.15. The zero-order valence-electron chi connectivity index (χ0n) is 17.2. The Balaban J connectivity index is 1.78. The van der Waals surface area contributed by atoms with E-state index in [0.29, 0.717) is 0 Å². The van der Waals surface area contributed by atoms with E-state index in [4.69, 9.17) is 0 Å². The van der Waals surface area contributed by atoms with E-state index < -0.39 is 17.6 Å². The maximum absolute atomic E-state index is 14.5. The summed E-state index contributed by atoms with van der Waals surface area (Å²) in [5, 5.41) is 3.17. The lowest BCUT2D eigenvalue weighted by Gasteiger charge is -2.16. The van der Waals surface area contributed by atoms with Gasteiger partial charge in [0, 0.05) is 10.6 Å². The number of hydrogen-bond donors (Lipinski definition) is 1. The van der Waals surface area contributed by atoms with Gasteiger partial charge in [0.1, 0.15) is 16.4 Å². The normalized spacial score (nSPS) is 13.8. The Morgan fingerprint density at radius 1 is 0.903 bits per heavy atom. The summed E-state index contributed by atoms with van der Waals surface area (Å²) in [5.74, 6) is -1.74. The molecule has 1 aliphatic heterocycles. The maximum Gasteiger partial charge on any atom is 0.283 e. The first-order valence-corrected chi connectivity index (χ1v) is 10.8. The summed E-state index contributed by atoms with van der Waals surface area (Å²) in [6.45, 7) is 4.00. The molecule has 3 aromatic carbocycles. The first kappa shape index (κ1) is 20.9. The molecule has 1 N–H and O–H groups in total. The van der Waals surface area contributed by atoms with Gasteiger partial charge in [0.15, 0.2) is 0 Å². The van der Waals surface area contributed by atoms with Crippen LogP contribution in [0.4, 0.5) is 15.8 Å². The van der Waals surface area contributed by atoms with Crippen LogP contribution in [0.25, 0.3) is 0 Å². The Labute approximate surface area is 184 Å². The second-order valence-corrected chi connectivity index (χ2v) is 8.24. The van der Waals surface area contributed by atoms with E-state index in [1.54, 1.807) is 6.07 Å². The van der Waals surface area contributed by atoms with Crippen molar-refractivity contribution >= 4 is 35.0 Å². The third-order valence-corrected chi connectivity index (χ3v) is 6.12. The van der Waals surface area contributed by atoms with Crippen molar-refractivity contribution in [2.24, 2.45) is 0 Å². The lowest BCUT2D eigenvalue weighted by molar-refractivity contribution is -0.120. The van der Waals surface area contributed by atoms with Crippen LogP contribution in [-0.2, 0) is 16.0 Å². The van der Waals surface area contributed by atoms with Crippen molar-refractivity contribution in [1.29, 1.82) is 0 Å². The number of para-hydroxylation sites is 2. The van der Waals surface area contributed by atoms with E-state index in [0.717, 1.165) is 33.0 Å². The van der Waals surface area contributed by atoms with E-state index >= 15 is 0 Å². The fourth-order valence-corrected chi connectivity index (χ4v) is 4.30. The van der Waals surface area contributed by atoms with E-state index in [1.807, 2.05) is 62.4 Å². The van der Waals surface area contributed by atoms with Crippen molar-refractivity contribution < 1.29 is 14.0 Å². The van der Waals surface area contributed by atoms with Crippen LogP contribution in [0.15, 0.2) is 88.3 Å². The summed E-state index contributed by atoms with van der Waals surface area (Å²) in [6, 6.07) is 21.1. The van der Waals surface area contributed by atoms with E-state index in [-0.39, 0.29) is 16.3 Å². The maximum atomic E-state index is 14.5. The number of amides is 2. The molecule has 2 amide bonds. The van der Waals surface area contributed by atoms with Gasteiger partial charge in [-0.25, -0.2) is 9.29 Å². The van der Waals surface area contributed by atoms with Gasteiger partial charge in [-0.15, -0.1) is 0 Å². The van der Waals surface area contributed by atoms with E-state index in [2.05, 4.69) is 5.32 Å². The number of carbonyl (C=O) groups is 2. The lowest BCUT2D eigenvalue weighted by atomic mass is 10.1. The van der Waals surface area contributed by atoms with Crippen molar-refractivity contribution in [2.45, 2.75) is 25.2 Å². The number of benzene rings is 3. The first-order chi connectivity index (χ1) is 15.0. The average Bonchev–Trinajstić information content (AvgIpc) is 3.00. The number of nitrogens with zero attached hydrogens (tertiary/aromatic N) is 1. The van der Waals surface area contributed by atoms with Crippen LogP contribution < -0.4 is 10.2 Å². The number of hydrogen-bond acceptors (Lipinski definition) is 4. The topological polar surface area (TPSA) is 49.4 Å². The number of carbonyl (C=O) groups excluding carboxylic acids is 2. The molecule has 0 aliphatic carbocycles. The zero-order chi connectivity index (χ0) is 22.0. The minimum atomic E-state index is -0.626. The summed E-state index contributed by atoms with van der Waals surface area (Å²) < 4.78 is 14.5. The number of imide groups is 1. The summed E-state index contributed by atoms with van der Waals surface area (Å²) >= 11 is 1.20. The molecular formula is C25H21FN2O2S. The van der Waals surface area contributed by atoms with Crippen molar-refractivity contribution in [3.05, 3.63) is 100 Å². The molecule has 0 radical (unpaired) electrons. The van der Waals surface area contributed by atoms with Gasteiger partial charge in [0.2, 0.25) is 0 Å². The van der Waals surface area contributed by atoms with Gasteiger partial charge in [0.05, 0.1) is 5.69 Å². The number of halogens is 1. The standard InChI is InChI=1S/C25H21FN2O2S/c1-3-17-8-4-6-10-20(17)27-22-23(31-18-14-12-16(2)13-15-18)25(30)28(24(22)29)21-11-7-5-9-19(21)26/h4-15,27H,3H2,1-2H3. The predicted octanol–water partition coefficient (Wildman–Crippen LogP) is 5.69. The smallest absolute Gasteiger partial charge is 0.283 e. The molecule has 0 saturated carbocycles. The number of nitrogens with one attached hydrogen (secondary N) is 1. The van der Waals surface area contributed by atoms with E-state index in [9.17, 15) is 14.0 Å². The Morgan fingerprint density at radius 3 is 2.29 bits per heavy atom. The molecule has 31 heavy (non-hydrogen) atoms. The highest BCUT2D eigenvalue weighted by molar-refractivity contribution is 8.04. The van der Waals surface area contributed by atoms with Crippen LogP contribution in [0.5, 0.6) is 0 Å². The summed E-state index contributed by atoms with van der Waals surface area (Å²) in [5.41, 5.74) is 2.95. The molecule has 0 aromatic heterocycles. The summed E-state index contributed by atoms with van der Waals surface area (Å²) in [6.07, 6.45) is 0.760. The highest BCUT2D eigenvalue weighted by Gasteiger charge is 2.41. The summed E-state index contributed by atoms with van der Waals surface area (Å²) in [4.78, 5) is 28.6. The molecule has 0 atom stereocenters. The first-order valence-electron chi connectivity index (χ1n) is 9.96. The molecule has 0 spiro atoms. The number of rotatable bonds is 6. The molecule has 0 unspecified atom stereocenters. The van der Waals surface area contributed by atoms with Crippen LogP contribution in [0.3, 0.4) is 0 Å². The number of aryl methyl sites for hydroxylation is 2. The monoisotopic (exact) mass is 432 g/mol. The zero-order valence-corrected chi connectivity index (χ0v) is 18.0. The van der Waals surface area contributed by atoms with Crippen molar-refractivity contribution in [3.63, 3.8) is 0 Å². The third kappa shape index (κ3) is 4.11. The van der Waals surface area contributed by atoms with Crippen LogP contribution in [-0.4, -0.2) is 11.8 Å². The molecule has 4 rings (SSSR count). The van der Waals surface area contributed by atoms with Crippen molar-refractivity contribution in [3.8, 4) is 0 Å². The number of thioether (sulfide) groups is 1. The van der Waals surface area contributed by atoms with Crippen LogP contribution >= 0.6 is 11.8 Å². The molecule has 0 saturated heterocycles. The molecule has 1 aliphatic rings. The van der Waals surface area contributed by atoms with Gasteiger partial charge in [0.25, 0.3) is 11.8 Å². The summed E-state index contributed by atoms with van der Waals surface area (Å²) in [7, 11) is 0. The Kier molecular flexibility index (Phi) is 5.91. The highest BCUT2D eigenvalue weighted by atomic mass is 32.2. The second kappa shape index (κ2) is 8.78. The molecular weight excluding hydrogens is 411 g/mol. The largest absolute Gasteiger partial charge is 0.350 e. The van der Waals surface area contributed by atoms with Crippen LogP contribution in [0.2, 0.25) is 0 Å². The van der Waals surface area contributed by atoms with Gasteiger partial charge in [-0.05, 0) is 49.2 Å². The van der Waals surface area contributed by atoms with Crippen LogP contribution in [0, 0.1) is 12.7 Å². The van der Waals surface area contributed by atoms with Crippen LogP contribution in [0.1, 0.15) is 18.1 Å². The molecule has 0 fully saturated rings. The van der Waals surface area contributed by atoms with Gasteiger partial charge in [-0.1, -0.05) is 66.7 Å². The van der Waals surface area contributed by atoms with Gasteiger partial charge < -0.3 is 5.32 Å². The van der Waals surface area contributed by atoms with E-state index in [1.165, 1.54) is 30.0 Å². The molecule has 6 heteroatoms. The minimum Gasteiger partial charge on any atom is -0.350 e. The lowest BCUT2D eigenvalue weighted by Crippen LogP contribution is -2.33.